The number of rotatable bonds is 2. The second-order valence-corrected chi connectivity index (χ2v) is 2.63. The van der Waals surface area contributed by atoms with Crippen molar-refractivity contribution in [3.05, 3.63) is 22.7 Å². The molecule has 0 aliphatic rings. The van der Waals surface area contributed by atoms with E-state index < -0.39 is 0 Å². The second kappa shape index (κ2) is 3.63. The SMILES string of the molecule is NCCc1cncnc1Br. The molecule has 0 aromatic carbocycles. The van der Waals surface area contributed by atoms with Gasteiger partial charge in [-0.05, 0) is 28.9 Å². The molecule has 0 radical (unpaired) electrons. The molecule has 0 bridgehead atoms. The highest BCUT2D eigenvalue weighted by molar-refractivity contribution is 9.10. The van der Waals surface area contributed by atoms with E-state index in [0.717, 1.165) is 16.6 Å². The fourth-order valence-corrected chi connectivity index (χ4v) is 1.06. The third-order valence-corrected chi connectivity index (χ3v) is 1.86. The molecule has 1 aromatic rings. The summed E-state index contributed by atoms with van der Waals surface area (Å²) in [6.07, 6.45) is 4.09. The van der Waals surface area contributed by atoms with Gasteiger partial charge in [-0.2, -0.15) is 0 Å². The monoisotopic (exact) mass is 201 g/mol. The lowest BCUT2D eigenvalue weighted by Crippen LogP contribution is -2.04. The van der Waals surface area contributed by atoms with Crippen LogP contribution in [-0.2, 0) is 6.42 Å². The molecule has 0 atom stereocenters. The standard InChI is InChI=1S/C6H8BrN3/c7-6-5(1-2-8)3-9-4-10-6/h3-4H,1-2,8H2. The van der Waals surface area contributed by atoms with Crippen LogP contribution in [0.25, 0.3) is 0 Å². The highest BCUT2D eigenvalue weighted by atomic mass is 79.9. The summed E-state index contributed by atoms with van der Waals surface area (Å²) in [5.41, 5.74) is 6.41. The van der Waals surface area contributed by atoms with Crippen molar-refractivity contribution in [2.45, 2.75) is 6.42 Å². The van der Waals surface area contributed by atoms with Gasteiger partial charge in [0.05, 0.1) is 0 Å². The Kier molecular flexibility index (Phi) is 2.77. The maximum atomic E-state index is 5.35. The Labute approximate surface area is 67.8 Å². The van der Waals surface area contributed by atoms with Gasteiger partial charge in [0.15, 0.2) is 0 Å². The zero-order valence-electron chi connectivity index (χ0n) is 5.42. The molecule has 0 unspecified atom stereocenters. The Balaban J connectivity index is 2.81. The van der Waals surface area contributed by atoms with Crippen LogP contribution >= 0.6 is 15.9 Å². The van der Waals surface area contributed by atoms with Gasteiger partial charge in [0.1, 0.15) is 10.9 Å². The summed E-state index contributed by atoms with van der Waals surface area (Å²) in [5.74, 6) is 0. The van der Waals surface area contributed by atoms with Crippen LogP contribution in [0.15, 0.2) is 17.1 Å². The number of aromatic nitrogens is 2. The Morgan fingerprint density at radius 3 is 3.00 bits per heavy atom. The molecule has 54 valence electrons. The average molecular weight is 202 g/mol. The van der Waals surface area contributed by atoms with Crippen molar-refractivity contribution in [3.8, 4) is 0 Å². The molecule has 0 aliphatic heterocycles. The van der Waals surface area contributed by atoms with Gasteiger partial charge >= 0.3 is 0 Å². The van der Waals surface area contributed by atoms with E-state index in [9.17, 15) is 0 Å². The van der Waals surface area contributed by atoms with Crippen LogP contribution in [0.5, 0.6) is 0 Å². The molecule has 2 N–H and O–H groups in total. The predicted molar refractivity (Wildman–Crippen MR) is 42.5 cm³/mol. The molecule has 0 fully saturated rings. The van der Waals surface area contributed by atoms with E-state index in [0.29, 0.717) is 6.54 Å². The fraction of sp³-hybridized carbons (Fsp3) is 0.333. The molecule has 1 rings (SSSR count). The summed E-state index contributed by atoms with van der Waals surface area (Å²) in [6, 6.07) is 0. The Morgan fingerprint density at radius 2 is 2.40 bits per heavy atom. The van der Waals surface area contributed by atoms with E-state index in [-0.39, 0.29) is 0 Å². The van der Waals surface area contributed by atoms with Crippen LogP contribution in [0, 0.1) is 0 Å². The van der Waals surface area contributed by atoms with Gasteiger partial charge in [0.2, 0.25) is 0 Å². The maximum absolute atomic E-state index is 5.35. The van der Waals surface area contributed by atoms with Gasteiger partial charge in [0.25, 0.3) is 0 Å². The summed E-state index contributed by atoms with van der Waals surface area (Å²) in [5, 5.41) is 0. The molecular formula is C6H8BrN3. The lowest BCUT2D eigenvalue weighted by atomic mass is 10.2. The first-order chi connectivity index (χ1) is 4.84. The van der Waals surface area contributed by atoms with E-state index in [2.05, 4.69) is 25.9 Å². The van der Waals surface area contributed by atoms with Gasteiger partial charge in [0, 0.05) is 11.8 Å². The van der Waals surface area contributed by atoms with Crippen molar-refractivity contribution in [3.63, 3.8) is 0 Å². The van der Waals surface area contributed by atoms with Crippen LogP contribution in [0.1, 0.15) is 5.56 Å². The van der Waals surface area contributed by atoms with Gasteiger partial charge in [-0.15, -0.1) is 0 Å². The summed E-state index contributed by atoms with van der Waals surface area (Å²) in [4.78, 5) is 7.82. The van der Waals surface area contributed by atoms with Crippen LogP contribution in [0.3, 0.4) is 0 Å². The van der Waals surface area contributed by atoms with Crippen LogP contribution in [-0.4, -0.2) is 16.5 Å². The highest BCUT2D eigenvalue weighted by Crippen LogP contribution is 2.10. The molecule has 0 saturated heterocycles. The zero-order valence-corrected chi connectivity index (χ0v) is 7.00. The Bertz CT molecular complexity index is 214. The van der Waals surface area contributed by atoms with Crippen LogP contribution in [0.4, 0.5) is 0 Å². The molecule has 1 aromatic heterocycles. The summed E-state index contributed by atoms with van der Waals surface area (Å²) in [6.45, 7) is 0.631. The lowest BCUT2D eigenvalue weighted by molar-refractivity contribution is 0.929. The molecule has 10 heavy (non-hydrogen) atoms. The normalized spacial score (nSPS) is 9.80. The van der Waals surface area contributed by atoms with Crippen molar-refractivity contribution in [1.82, 2.24) is 9.97 Å². The minimum atomic E-state index is 0.631. The topological polar surface area (TPSA) is 51.8 Å². The van der Waals surface area contributed by atoms with Gasteiger partial charge in [-0.3, -0.25) is 0 Å². The second-order valence-electron chi connectivity index (χ2n) is 1.88. The average Bonchev–Trinajstić information content (AvgIpc) is 1.94. The first-order valence-electron chi connectivity index (χ1n) is 2.99. The largest absolute Gasteiger partial charge is 0.330 e. The summed E-state index contributed by atoms with van der Waals surface area (Å²) in [7, 11) is 0. The van der Waals surface area contributed by atoms with Crippen LogP contribution < -0.4 is 5.73 Å². The van der Waals surface area contributed by atoms with E-state index in [1.54, 1.807) is 6.20 Å². The molecule has 0 saturated carbocycles. The first-order valence-corrected chi connectivity index (χ1v) is 3.78. The zero-order chi connectivity index (χ0) is 7.40. The van der Waals surface area contributed by atoms with Gasteiger partial charge in [-0.25, -0.2) is 9.97 Å². The van der Waals surface area contributed by atoms with E-state index >= 15 is 0 Å². The minimum absolute atomic E-state index is 0.631. The maximum Gasteiger partial charge on any atom is 0.116 e. The number of hydrogen-bond donors (Lipinski definition) is 1. The summed E-state index contributed by atoms with van der Waals surface area (Å²) >= 11 is 3.29. The van der Waals surface area contributed by atoms with Crippen molar-refractivity contribution in [1.29, 1.82) is 0 Å². The number of nitrogens with two attached hydrogens (primary N) is 1. The third kappa shape index (κ3) is 1.75. The molecule has 1 heterocycles. The number of nitrogens with zero attached hydrogens (tertiary/aromatic N) is 2. The van der Waals surface area contributed by atoms with Crippen molar-refractivity contribution >= 4 is 15.9 Å². The predicted octanol–water partition coefficient (Wildman–Crippen LogP) is 0.740. The molecule has 0 spiro atoms. The van der Waals surface area contributed by atoms with Crippen molar-refractivity contribution < 1.29 is 0 Å². The summed E-state index contributed by atoms with van der Waals surface area (Å²) < 4.78 is 0.841. The molecule has 3 nitrogen and oxygen atoms in total. The molecule has 0 amide bonds. The van der Waals surface area contributed by atoms with Gasteiger partial charge < -0.3 is 5.73 Å². The molecular weight excluding hydrogens is 194 g/mol. The third-order valence-electron chi connectivity index (χ3n) is 1.15. The van der Waals surface area contributed by atoms with Gasteiger partial charge in [-0.1, -0.05) is 0 Å². The molecule has 4 heteroatoms. The van der Waals surface area contributed by atoms with E-state index in [1.165, 1.54) is 6.33 Å². The number of halogens is 1. The van der Waals surface area contributed by atoms with E-state index in [1.807, 2.05) is 0 Å². The Hall–Kier alpha value is -0.480. The first kappa shape index (κ1) is 7.63. The van der Waals surface area contributed by atoms with Crippen molar-refractivity contribution in [2.75, 3.05) is 6.54 Å². The molecule has 0 aliphatic carbocycles. The smallest absolute Gasteiger partial charge is 0.116 e. The fourth-order valence-electron chi connectivity index (χ4n) is 0.667. The van der Waals surface area contributed by atoms with Crippen LogP contribution in [0.2, 0.25) is 0 Å². The quantitative estimate of drug-likeness (QED) is 0.719. The minimum Gasteiger partial charge on any atom is -0.330 e. The van der Waals surface area contributed by atoms with E-state index in [4.69, 9.17) is 5.73 Å². The highest BCUT2D eigenvalue weighted by Gasteiger charge is 1.96. The number of hydrogen-bond acceptors (Lipinski definition) is 3. The Morgan fingerprint density at radius 1 is 1.60 bits per heavy atom. The van der Waals surface area contributed by atoms with Crippen molar-refractivity contribution in [2.24, 2.45) is 5.73 Å². The lowest BCUT2D eigenvalue weighted by Gasteiger charge is -1.97.